The first-order valence-corrected chi connectivity index (χ1v) is 8.83. The minimum Gasteiger partial charge on any atom is -0.481 e. The number of benzene rings is 1. The lowest BCUT2D eigenvalue weighted by Gasteiger charge is -2.12. The number of nitrogens with zero attached hydrogens (tertiary/aromatic N) is 2. The number of hydrogen-bond acceptors (Lipinski definition) is 5. The summed E-state index contributed by atoms with van der Waals surface area (Å²) >= 11 is 0. The van der Waals surface area contributed by atoms with E-state index in [0.29, 0.717) is 23.6 Å². The molecule has 1 aliphatic rings. The molecule has 3 amide bonds. The number of carbonyl (C=O) groups excluding carboxylic acids is 3. The van der Waals surface area contributed by atoms with E-state index in [1.165, 1.54) is 18.1 Å². The Kier molecular flexibility index (Phi) is 5.49. The summed E-state index contributed by atoms with van der Waals surface area (Å²) < 4.78 is 5.16. The lowest BCUT2D eigenvalue weighted by Crippen LogP contribution is -2.30. The number of amides is 3. The summed E-state index contributed by atoms with van der Waals surface area (Å²) in [5.41, 5.74) is 1.70. The Morgan fingerprint density at radius 1 is 1.19 bits per heavy atom. The Morgan fingerprint density at radius 3 is 2.70 bits per heavy atom. The Bertz CT molecular complexity index is 895. The Morgan fingerprint density at radius 2 is 1.96 bits per heavy atom. The zero-order valence-corrected chi connectivity index (χ0v) is 15.3. The highest BCUT2D eigenvalue weighted by Gasteiger charge is 2.35. The van der Waals surface area contributed by atoms with Crippen molar-refractivity contribution < 1.29 is 19.1 Å². The van der Waals surface area contributed by atoms with Crippen LogP contribution in [0.15, 0.2) is 36.5 Å². The van der Waals surface area contributed by atoms with Crippen LogP contribution in [0.5, 0.6) is 5.88 Å². The van der Waals surface area contributed by atoms with Gasteiger partial charge < -0.3 is 10.1 Å². The number of nitrogens with one attached hydrogen (secondary N) is 1. The van der Waals surface area contributed by atoms with E-state index in [-0.39, 0.29) is 29.8 Å². The molecule has 0 bridgehead atoms. The van der Waals surface area contributed by atoms with Crippen molar-refractivity contribution in [2.75, 3.05) is 13.7 Å². The zero-order chi connectivity index (χ0) is 19.4. The summed E-state index contributed by atoms with van der Waals surface area (Å²) in [4.78, 5) is 42.7. The first-order valence-electron chi connectivity index (χ1n) is 8.83. The fraction of sp³-hybridized carbons (Fsp3) is 0.300. The monoisotopic (exact) mass is 367 g/mol. The number of imide groups is 1. The van der Waals surface area contributed by atoms with Crippen molar-refractivity contribution in [3.63, 3.8) is 0 Å². The van der Waals surface area contributed by atoms with Crippen molar-refractivity contribution in [3.05, 3.63) is 58.8 Å². The molecule has 7 heteroatoms. The second-order valence-corrected chi connectivity index (χ2v) is 6.23. The third-order valence-electron chi connectivity index (χ3n) is 4.45. The quantitative estimate of drug-likeness (QED) is 0.759. The van der Waals surface area contributed by atoms with Gasteiger partial charge in [0.2, 0.25) is 5.88 Å². The SMILES string of the molecule is CCCCN1C(=O)c2ccc(C(=O)NCc3cccnc3OC)cc2C1=O. The molecule has 0 fully saturated rings. The second-order valence-electron chi connectivity index (χ2n) is 6.23. The average molecular weight is 367 g/mol. The van der Waals surface area contributed by atoms with Gasteiger partial charge in [-0.2, -0.15) is 0 Å². The van der Waals surface area contributed by atoms with Crippen LogP contribution in [-0.4, -0.2) is 41.3 Å². The van der Waals surface area contributed by atoms with E-state index in [1.807, 2.05) is 13.0 Å². The molecule has 7 nitrogen and oxygen atoms in total. The minimum atomic E-state index is -0.341. The van der Waals surface area contributed by atoms with Gasteiger partial charge in [-0.3, -0.25) is 19.3 Å². The number of ether oxygens (including phenoxy) is 1. The fourth-order valence-corrected chi connectivity index (χ4v) is 2.97. The highest BCUT2D eigenvalue weighted by Crippen LogP contribution is 2.24. The predicted octanol–water partition coefficient (Wildman–Crippen LogP) is 2.42. The molecule has 1 aromatic heterocycles. The van der Waals surface area contributed by atoms with Crippen LogP contribution in [0.3, 0.4) is 0 Å². The third kappa shape index (κ3) is 3.67. The van der Waals surface area contributed by atoms with Crippen molar-refractivity contribution in [3.8, 4) is 5.88 Å². The Balaban J connectivity index is 1.74. The molecular weight excluding hydrogens is 346 g/mol. The average Bonchev–Trinajstić information content (AvgIpc) is 2.94. The standard InChI is InChI=1S/C20H21N3O4/c1-3-4-10-23-19(25)15-8-7-13(11-16(15)20(23)26)17(24)22-12-14-6-5-9-21-18(14)27-2/h5-9,11H,3-4,10,12H2,1-2H3,(H,22,24). The van der Waals surface area contributed by atoms with Crippen LogP contribution in [-0.2, 0) is 6.54 Å². The molecule has 27 heavy (non-hydrogen) atoms. The van der Waals surface area contributed by atoms with Gasteiger partial charge in [-0.15, -0.1) is 0 Å². The number of hydrogen-bond donors (Lipinski definition) is 1. The number of aromatic nitrogens is 1. The van der Waals surface area contributed by atoms with E-state index in [9.17, 15) is 14.4 Å². The maximum absolute atomic E-state index is 12.5. The molecule has 0 radical (unpaired) electrons. The topological polar surface area (TPSA) is 88.6 Å². The van der Waals surface area contributed by atoms with Crippen LogP contribution in [0.4, 0.5) is 0 Å². The van der Waals surface area contributed by atoms with E-state index < -0.39 is 0 Å². The van der Waals surface area contributed by atoms with Crippen LogP contribution in [0, 0.1) is 0 Å². The van der Waals surface area contributed by atoms with Crippen molar-refractivity contribution in [2.24, 2.45) is 0 Å². The largest absolute Gasteiger partial charge is 0.481 e. The minimum absolute atomic E-state index is 0.239. The molecule has 3 rings (SSSR count). The van der Waals surface area contributed by atoms with Gasteiger partial charge in [0, 0.05) is 30.4 Å². The van der Waals surface area contributed by atoms with Crippen molar-refractivity contribution >= 4 is 17.7 Å². The molecule has 0 saturated carbocycles. The first-order chi connectivity index (χ1) is 13.1. The van der Waals surface area contributed by atoms with Crippen LogP contribution in [0.2, 0.25) is 0 Å². The van der Waals surface area contributed by atoms with Gasteiger partial charge in [0.05, 0.1) is 18.2 Å². The first kappa shape index (κ1) is 18.6. The predicted molar refractivity (Wildman–Crippen MR) is 98.7 cm³/mol. The highest BCUT2D eigenvalue weighted by atomic mass is 16.5. The lowest BCUT2D eigenvalue weighted by molar-refractivity contribution is 0.0652. The molecule has 2 aromatic rings. The molecule has 140 valence electrons. The van der Waals surface area contributed by atoms with E-state index in [1.54, 1.807) is 24.4 Å². The molecule has 0 aliphatic carbocycles. The number of rotatable bonds is 7. The molecule has 1 aromatic carbocycles. The number of methoxy groups -OCH3 is 1. The zero-order valence-electron chi connectivity index (χ0n) is 15.3. The number of unbranched alkanes of at least 4 members (excludes halogenated alkanes) is 1. The smallest absolute Gasteiger partial charge is 0.261 e. The fourth-order valence-electron chi connectivity index (χ4n) is 2.97. The van der Waals surface area contributed by atoms with E-state index in [2.05, 4.69) is 10.3 Å². The number of fused-ring (bicyclic) bond motifs is 1. The normalized spacial score (nSPS) is 12.9. The number of pyridine rings is 1. The van der Waals surface area contributed by atoms with Crippen molar-refractivity contribution in [2.45, 2.75) is 26.3 Å². The van der Waals surface area contributed by atoms with Crippen LogP contribution in [0.25, 0.3) is 0 Å². The summed E-state index contributed by atoms with van der Waals surface area (Å²) in [5, 5.41) is 2.78. The van der Waals surface area contributed by atoms with Gasteiger partial charge in [-0.1, -0.05) is 19.4 Å². The summed E-state index contributed by atoms with van der Waals surface area (Å²) in [6, 6.07) is 8.15. The van der Waals surface area contributed by atoms with Crippen LogP contribution < -0.4 is 10.1 Å². The van der Waals surface area contributed by atoms with Gasteiger partial charge in [0.1, 0.15) is 0 Å². The second kappa shape index (κ2) is 7.99. The molecule has 1 N–H and O–H groups in total. The number of carbonyl (C=O) groups is 3. The van der Waals surface area contributed by atoms with Gasteiger partial charge in [-0.05, 0) is 30.7 Å². The maximum atomic E-state index is 12.5. The third-order valence-corrected chi connectivity index (χ3v) is 4.45. The van der Waals surface area contributed by atoms with Crippen LogP contribution >= 0.6 is 0 Å². The maximum Gasteiger partial charge on any atom is 0.261 e. The summed E-state index contributed by atoms with van der Waals surface area (Å²) in [5.74, 6) is -0.530. The lowest BCUT2D eigenvalue weighted by atomic mass is 10.1. The molecule has 0 unspecified atom stereocenters. The van der Waals surface area contributed by atoms with Gasteiger partial charge in [-0.25, -0.2) is 4.98 Å². The Hall–Kier alpha value is -3.22. The van der Waals surface area contributed by atoms with E-state index >= 15 is 0 Å². The molecular formula is C20H21N3O4. The molecule has 0 spiro atoms. The highest BCUT2D eigenvalue weighted by molar-refractivity contribution is 6.22. The van der Waals surface area contributed by atoms with Crippen LogP contribution in [0.1, 0.15) is 56.4 Å². The van der Waals surface area contributed by atoms with Gasteiger partial charge in [0.25, 0.3) is 17.7 Å². The van der Waals surface area contributed by atoms with Crippen molar-refractivity contribution in [1.29, 1.82) is 0 Å². The van der Waals surface area contributed by atoms with Gasteiger partial charge >= 0.3 is 0 Å². The molecule has 1 aliphatic heterocycles. The van der Waals surface area contributed by atoms with Gasteiger partial charge in [0.15, 0.2) is 0 Å². The van der Waals surface area contributed by atoms with E-state index in [4.69, 9.17) is 4.74 Å². The van der Waals surface area contributed by atoms with Crippen molar-refractivity contribution in [1.82, 2.24) is 15.2 Å². The summed E-state index contributed by atoms with van der Waals surface area (Å²) in [7, 11) is 1.51. The van der Waals surface area contributed by atoms with E-state index in [0.717, 1.165) is 18.4 Å². The summed E-state index contributed by atoms with van der Waals surface area (Å²) in [6.45, 7) is 2.63. The summed E-state index contributed by atoms with van der Waals surface area (Å²) in [6.07, 6.45) is 3.25. The molecule has 0 saturated heterocycles. The Labute approximate surface area is 157 Å². The molecule has 0 atom stereocenters. The molecule has 2 heterocycles.